The molecule has 1 unspecified atom stereocenters. The summed E-state index contributed by atoms with van der Waals surface area (Å²) in [6.07, 6.45) is 8.76. The number of hydrogen-bond acceptors (Lipinski definition) is 14. The van der Waals surface area contributed by atoms with Crippen molar-refractivity contribution in [2.75, 3.05) is 80.3 Å². The predicted molar refractivity (Wildman–Crippen MR) is 264 cm³/mol. The maximum atomic E-state index is 13.5. The molecule has 18 nitrogen and oxygen atoms in total. The number of ether oxygens (including phenoxy) is 2. The Labute approximate surface area is 414 Å². The van der Waals surface area contributed by atoms with E-state index in [2.05, 4.69) is 47.0 Å². The topological polar surface area (TPSA) is 208 Å². The van der Waals surface area contributed by atoms with Gasteiger partial charge in [0.25, 0.3) is 11.8 Å². The quantitative estimate of drug-likeness (QED) is 0.0722. The van der Waals surface area contributed by atoms with E-state index >= 15 is 0 Å². The van der Waals surface area contributed by atoms with Crippen molar-refractivity contribution in [2.24, 2.45) is 11.3 Å². The normalized spacial score (nSPS) is 20.7. The summed E-state index contributed by atoms with van der Waals surface area (Å²) in [5, 5.41) is 11.9. The van der Waals surface area contributed by atoms with E-state index in [0.29, 0.717) is 54.0 Å². The lowest BCUT2D eigenvalue weighted by Crippen LogP contribution is -2.55. The summed E-state index contributed by atoms with van der Waals surface area (Å²) in [5.41, 5.74) is 2.14. The first kappa shape index (κ1) is 46.8. The minimum atomic E-state index is -1.18. The summed E-state index contributed by atoms with van der Waals surface area (Å²) in [6, 6.07) is 18.8. The maximum Gasteiger partial charge on any atom is 0.266 e. The molecule has 2 saturated carbocycles. The molecule has 372 valence electrons. The number of methoxy groups -OCH3 is 1. The van der Waals surface area contributed by atoms with Gasteiger partial charge in [0.1, 0.15) is 40.3 Å². The Balaban J connectivity index is 0.662. The number of nitrogens with zero attached hydrogens (tertiary/aromatic N) is 6. The highest BCUT2D eigenvalue weighted by atomic mass is 19.1. The van der Waals surface area contributed by atoms with Crippen molar-refractivity contribution < 1.29 is 42.6 Å². The van der Waals surface area contributed by atoms with Crippen LogP contribution < -0.4 is 35.6 Å². The Bertz CT molecular complexity index is 2980. The molecule has 4 N–H and O–H groups in total. The number of nitrogens with one attached hydrogen (secondary N) is 4. The van der Waals surface area contributed by atoms with Gasteiger partial charge in [-0.1, -0.05) is 0 Å². The highest BCUT2D eigenvalue weighted by Crippen LogP contribution is 2.52. The predicted octanol–water partition coefficient (Wildman–Crippen LogP) is 5.81. The molecular formula is C53H55FN10O8. The number of pyridine rings is 2. The minimum Gasteiger partial charge on any atom is -0.495 e. The smallest absolute Gasteiger partial charge is 0.266 e. The molecular weight excluding hydrogens is 924 g/mol. The summed E-state index contributed by atoms with van der Waals surface area (Å²) in [5.74, 6) is -0.610. The third kappa shape index (κ3) is 8.84. The molecule has 3 saturated heterocycles. The van der Waals surface area contributed by atoms with Gasteiger partial charge in [0.05, 0.1) is 29.4 Å². The third-order valence-electron chi connectivity index (χ3n) is 15.5. The van der Waals surface area contributed by atoms with Crippen LogP contribution >= 0.6 is 0 Å². The first-order valence-corrected chi connectivity index (χ1v) is 24.7. The van der Waals surface area contributed by atoms with E-state index in [9.17, 15) is 33.2 Å². The van der Waals surface area contributed by atoms with Crippen LogP contribution in [0.2, 0.25) is 0 Å². The second-order valence-electron chi connectivity index (χ2n) is 19.6. The second kappa shape index (κ2) is 18.9. The average Bonchev–Trinajstić information content (AvgIpc) is 4.34. The van der Waals surface area contributed by atoms with Gasteiger partial charge in [0.15, 0.2) is 0 Å². The zero-order valence-corrected chi connectivity index (χ0v) is 39.9. The molecule has 4 aliphatic heterocycles. The van der Waals surface area contributed by atoms with Gasteiger partial charge in [-0.3, -0.25) is 53.8 Å². The highest BCUT2D eigenvalue weighted by molar-refractivity contribution is 6.25. The largest absolute Gasteiger partial charge is 0.495 e. The lowest BCUT2D eigenvalue weighted by molar-refractivity contribution is -0.136. The number of rotatable bonds is 15. The number of fused-ring (bicyclic) bond motifs is 2. The van der Waals surface area contributed by atoms with Crippen molar-refractivity contribution in [3.63, 3.8) is 0 Å². The van der Waals surface area contributed by atoms with Crippen molar-refractivity contribution in [2.45, 2.75) is 62.9 Å². The molecule has 11 rings (SSSR count). The lowest BCUT2D eigenvalue weighted by atomic mass is 9.85. The molecule has 1 atom stereocenters. The van der Waals surface area contributed by atoms with Crippen LogP contribution in [0.5, 0.6) is 17.2 Å². The molecule has 19 heteroatoms. The monoisotopic (exact) mass is 978 g/mol. The standard InChI is InChI=1S/C53H55FN10O8/c1-71-43-30-38-39(55-21-13-42(38)72-36-8-6-35(7-9-36)59-51(70)52(16-17-52)50(69)58-34-4-2-33(54)3-5-34)31-41(43)62-23-14-32(15-24-62)53(18-19-53)63-28-26-61(27-29-63)25-22-57-46-45-37(12-20-56-46)48(67)64(49(45)68)40-10-11-44(65)60-47(40)66/h2-9,12-13,20-21,30-32,40H,10-11,14-19,22-29H2,1H3,(H,56,57)(H,58,69)(H,59,70)(H,60,65,66). The first-order chi connectivity index (χ1) is 34.9. The number of amides is 6. The van der Waals surface area contributed by atoms with Crippen LogP contribution in [0, 0.1) is 17.2 Å². The number of imide groups is 2. The number of aromatic nitrogens is 2. The van der Waals surface area contributed by atoms with Crippen LogP contribution in [0.1, 0.15) is 72.1 Å². The van der Waals surface area contributed by atoms with Crippen molar-refractivity contribution >= 4 is 69.2 Å². The number of hydrogen-bond donors (Lipinski definition) is 4. The van der Waals surface area contributed by atoms with Gasteiger partial charge in [0.2, 0.25) is 23.6 Å². The van der Waals surface area contributed by atoms with E-state index in [1.807, 2.05) is 12.1 Å². The van der Waals surface area contributed by atoms with E-state index in [-0.39, 0.29) is 29.5 Å². The highest BCUT2D eigenvalue weighted by Gasteiger charge is 2.57. The van der Waals surface area contributed by atoms with Crippen LogP contribution in [-0.2, 0) is 19.2 Å². The van der Waals surface area contributed by atoms with Gasteiger partial charge in [-0.2, -0.15) is 0 Å². The maximum absolute atomic E-state index is 13.5. The van der Waals surface area contributed by atoms with Crippen LogP contribution in [0.3, 0.4) is 0 Å². The van der Waals surface area contributed by atoms with Crippen molar-refractivity contribution in [1.82, 2.24) is 30.0 Å². The molecule has 6 amide bonds. The van der Waals surface area contributed by atoms with Crippen LogP contribution in [-0.4, -0.2) is 131 Å². The number of benzene rings is 3. The van der Waals surface area contributed by atoms with Crippen LogP contribution in [0.25, 0.3) is 10.9 Å². The lowest BCUT2D eigenvalue weighted by Gasteiger charge is -2.46. The fraction of sp³-hybridized carbons (Fsp3) is 0.396. The zero-order valence-electron chi connectivity index (χ0n) is 39.9. The van der Waals surface area contributed by atoms with E-state index in [1.54, 1.807) is 37.6 Å². The van der Waals surface area contributed by atoms with Crippen LogP contribution in [0.15, 0.2) is 85.2 Å². The van der Waals surface area contributed by atoms with Gasteiger partial charge < -0.3 is 30.3 Å². The molecule has 6 aliphatic rings. The van der Waals surface area contributed by atoms with Gasteiger partial charge in [-0.15, -0.1) is 0 Å². The Hall–Kier alpha value is -7.51. The molecule has 2 aliphatic carbocycles. The zero-order chi connectivity index (χ0) is 49.7. The molecule has 3 aromatic carbocycles. The molecule has 0 spiro atoms. The summed E-state index contributed by atoms with van der Waals surface area (Å²) < 4.78 is 25.7. The number of carbonyl (C=O) groups is 6. The average molecular weight is 979 g/mol. The molecule has 6 heterocycles. The van der Waals surface area contributed by atoms with E-state index in [1.165, 1.54) is 49.4 Å². The summed E-state index contributed by atoms with van der Waals surface area (Å²) in [7, 11) is 1.68. The fourth-order valence-electron chi connectivity index (χ4n) is 11.1. The number of piperidine rings is 2. The number of anilines is 4. The van der Waals surface area contributed by atoms with Gasteiger partial charge >= 0.3 is 0 Å². The second-order valence-corrected chi connectivity index (χ2v) is 19.6. The number of carbonyl (C=O) groups excluding carboxylic acids is 6. The SMILES string of the molecule is COc1cc2c(Oc3ccc(NC(=O)C4(C(=O)Nc5ccc(F)cc5)CC4)cc3)ccnc2cc1N1CCC(C2(N3CCN(CCNc4nccc5c4C(=O)N(C4CCC(=O)NC4=O)C5=O)CC3)CC2)CC1. The van der Waals surface area contributed by atoms with Crippen molar-refractivity contribution in [1.29, 1.82) is 0 Å². The van der Waals surface area contributed by atoms with E-state index < -0.39 is 52.7 Å². The van der Waals surface area contributed by atoms with Gasteiger partial charge in [0, 0.05) is 93.5 Å². The molecule has 5 aromatic rings. The van der Waals surface area contributed by atoms with Crippen molar-refractivity contribution in [3.8, 4) is 17.2 Å². The van der Waals surface area contributed by atoms with Gasteiger partial charge in [-0.25, -0.2) is 9.37 Å². The van der Waals surface area contributed by atoms with Gasteiger partial charge in [-0.05, 0) is 124 Å². The number of halogens is 1. The molecule has 0 radical (unpaired) electrons. The van der Waals surface area contributed by atoms with Crippen molar-refractivity contribution in [3.05, 3.63) is 102 Å². The molecule has 72 heavy (non-hydrogen) atoms. The third-order valence-corrected chi connectivity index (χ3v) is 15.5. The number of piperazine rings is 1. The first-order valence-electron chi connectivity index (χ1n) is 24.7. The Morgan fingerprint density at radius 2 is 1.46 bits per heavy atom. The Morgan fingerprint density at radius 1 is 0.778 bits per heavy atom. The minimum absolute atomic E-state index is 0.0600. The molecule has 0 bridgehead atoms. The van der Waals surface area contributed by atoms with E-state index in [0.717, 1.165) is 85.9 Å². The Kier molecular flexibility index (Phi) is 12.3. The van der Waals surface area contributed by atoms with E-state index in [4.69, 9.17) is 14.5 Å². The molecule has 5 fully saturated rings. The fourth-order valence-corrected chi connectivity index (χ4v) is 11.1. The summed E-state index contributed by atoms with van der Waals surface area (Å²) in [4.78, 5) is 94.9. The van der Waals surface area contributed by atoms with Crippen LogP contribution in [0.4, 0.5) is 27.3 Å². The summed E-state index contributed by atoms with van der Waals surface area (Å²) in [6.45, 7) is 6.85. The summed E-state index contributed by atoms with van der Waals surface area (Å²) >= 11 is 0. The Morgan fingerprint density at radius 3 is 2.11 bits per heavy atom. The molecule has 2 aromatic heterocycles.